The van der Waals surface area contributed by atoms with E-state index in [1.807, 2.05) is 58.0 Å². The minimum Gasteiger partial charge on any atom is -0.506 e. The Morgan fingerprint density at radius 2 is 1.71 bits per heavy atom. The van der Waals surface area contributed by atoms with Crippen molar-refractivity contribution >= 4 is 30.9 Å². The third kappa shape index (κ3) is 13.2. The third-order valence-corrected chi connectivity index (χ3v) is 8.66. The van der Waals surface area contributed by atoms with E-state index in [9.17, 15) is 19.2 Å². The van der Waals surface area contributed by atoms with Crippen molar-refractivity contribution in [3.63, 3.8) is 0 Å². The van der Waals surface area contributed by atoms with Crippen molar-refractivity contribution in [1.29, 1.82) is 0 Å². The molecule has 0 bridgehead atoms. The summed E-state index contributed by atoms with van der Waals surface area (Å²) in [7, 11) is -1.11. The molecule has 0 radical (unpaired) electrons. The first-order valence-corrected chi connectivity index (χ1v) is 17.8. The van der Waals surface area contributed by atoms with Crippen LogP contribution in [0, 0.1) is 11.3 Å². The number of rotatable bonds is 20. The van der Waals surface area contributed by atoms with E-state index in [1.54, 1.807) is 6.20 Å². The minimum atomic E-state index is -1.14. The van der Waals surface area contributed by atoms with Crippen molar-refractivity contribution in [2.75, 3.05) is 6.61 Å². The molecule has 1 aromatic carbocycles. The molecule has 2 N–H and O–H groups in total. The fourth-order valence-corrected chi connectivity index (χ4v) is 5.65. The summed E-state index contributed by atoms with van der Waals surface area (Å²) in [4.78, 5) is 61.5. The number of unbranched alkanes of at least 4 members (excludes halogenated alkanes) is 2. The Bertz CT molecular complexity index is 1360. The number of amides is 2. The van der Waals surface area contributed by atoms with Crippen LogP contribution in [0.15, 0.2) is 42.7 Å². The van der Waals surface area contributed by atoms with E-state index >= 15 is 0 Å². The van der Waals surface area contributed by atoms with Crippen LogP contribution in [-0.2, 0) is 34.9 Å². The number of esters is 1. The fourth-order valence-electron chi connectivity index (χ4n) is 5.65. The molecule has 1 aliphatic rings. The van der Waals surface area contributed by atoms with Crippen molar-refractivity contribution in [2.24, 2.45) is 11.3 Å². The first-order chi connectivity index (χ1) is 23.3. The molecule has 268 valence electrons. The topological polar surface area (TPSA) is 146 Å². The van der Waals surface area contributed by atoms with Crippen molar-refractivity contribution < 1.29 is 33.2 Å². The molecule has 11 nitrogen and oxygen atoms in total. The van der Waals surface area contributed by atoms with Gasteiger partial charge in [0.15, 0.2) is 6.10 Å². The number of nitrogens with zero attached hydrogens (tertiary/aromatic N) is 2. The molecule has 1 fully saturated rings. The number of ether oxygens (including phenoxy) is 1. The number of benzene rings is 1. The SMILES string of the molecule is CCCCC(C)c1cnc(C(=O)N[C@@H](Cc2ccccc2)C(=O)N[C@@H](CC(C)C)B2OC(=O)[C@H](CC(=O)OCC(C)(C)CCCC)O2)cn1. The quantitative estimate of drug-likeness (QED) is 0.132. The Morgan fingerprint density at radius 1 is 1.00 bits per heavy atom. The molecular formula is C37H55BN4O7. The zero-order chi connectivity index (χ0) is 36.0. The summed E-state index contributed by atoms with van der Waals surface area (Å²) < 4.78 is 17.0. The number of hydrogen-bond donors (Lipinski definition) is 2. The molecule has 1 unspecified atom stereocenters. The van der Waals surface area contributed by atoms with Crippen LogP contribution in [0.2, 0.25) is 0 Å². The number of aromatic nitrogens is 2. The highest BCUT2D eigenvalue weighted by Crippen LogP contribution is 2.25. The van der Waals surface area contributed by atoms with Crippen LogP contribution in [0.25, 0.3) is 0 Å². The predicted octanol–water partition coefficient (Wildman–Crippen LogP) is 5.76. The molecule has 12 heteroatoms. The zero-order valence-electron chi connectivity index (χ0n) is 30.3. The number of carbonyl (C=O) groups excluding carboxylic acids is 4. The molecule has 3 rings (SSSR count). The van der Waals surface area contributed by atoms with E-state index in [0.29, 0.717) is 6.42 Å². The summed E-state index contributed by atoms with van der Waals surface area (Å²) in [6, 6.07) is 8.37. The number of hydrogen-bond acceptors (Lipinski definition) is 9. The van der Waals surface area contributed by atoms with Gasteiger partial charge in [-0.15, -0.1) is 0 Å². The highest BCUT2D eigenvalue weighted by Gasteiger charge is 2.47. The monoisotopic (exact) mass is 678 g/mol. The predicted molar refractivity (Wildman–Crippen MR) is 188 cm³/mol. The first-order valence-electron chi connectivity index (χ1n) is 17.8. The molecule has 0 aliphatic carbocycles. The van der Waals surface area contributed by atoms with Crippen LogP contribution in [0.1, 0.15) is 127 Å². The van der Waals surface area contributed by atoms with Gasteiger partial charge < -0.3 is 24.7 Å². The van der Waals surface area contributed by atoms with Crippen LogP contribution in [-0.4, -0.2) is 65.5 Å². The van der Waals surface area contributed by atoms with E-state index < -0.39 is 49.0 Å². The summed E-state index contributed by atoms with van der Waals surface area (Å²) in [5, 5.41) is 5.79. The smallest absolute Gasteiger partial charge is 0.506 e. The van der Waals surface area contributed by atoms with Gasteiger partial charge in [0.1, 0.15) is 11.7 Å². The van der Waals surface area contributed by atoms with Gasteiger partial charge in [-0.25, -0.2) is 4.98 Å². The number of carbonyl (C=O) groups is 4. The summed E-state index contributed by atoms with van der Waals surface area (Å²) in [6.45, 7) is 14.6. The fraction of sp³-hybridized carbons (Fsp3) is 0.622. The minimum absolute atomic E-state index is 0.0950. The van der Waals surface area contributed by atoms with E-state index in [2.05, 4.69) is 41.4 Å². The second-order valence-electron chi connectivity index (χ2n) is 14.4. The molecule has 4 atom stereocenters. The summed E-state index contributed by atoms with van der Waals surface area (Å²) in [5.41, 5.74) is 1.59. The molecule has 2 amide bonds. The molecule has 2 aromatic rings. The van der Waals surface area contributed by atoms with Crippen molar-refractivity contribution in [2.45, 2.75) is 130 Å². The summed E-state index contributed by atoms with van der Waals surface area (Å²) in [6.07, 6.45) is 8.40. The third-order valence-electron chi connectivity index (χ3n) is 8.66. The van der Waals surface area contributed by atoms with E-state index in [1.165, 1.54) is 6.20 Å². The van der Waals surface area contributed by atoms with Crippen LogP contribution in [0.3, 0.4) is 0 Å². The van der Waals surface area contributed by atoms with Gasteiger partial charge in [0, 0.05) is 12.6 Å². The van der Waals surface area contributed by atoms with Crippen LogP contribution < -0.4 is 10.6 Å². The highest BCUT2D eigenvalue weighted by molar-refractivity contribution is 6.51. The van der Waals surface area contributed by atoms with E-state index in [4.69, 9.17) is 14.0 Å². The first kappa shape index (κ1) is 39.6. The van der Waals surface area contributed by atoms with Crippen LogP contribution >= 0.6 is 0 Å². The standard InChI is InChI=1S/C37H55BN4O7/c1-8-10-15-26(5)29-22-40-30(23-39-29)35(45)41-28(20-27-16-13-12-14-17-27)34(44)42-32(19-25(3)4)38-48-31(36(46)49-38)21-33(43)47-24-37(6,7)18-11-9-2/h12-14,16-17,22-23,25-26,28,31-32H,8-11,15,18-21,24H2,1-7H3,(H,41,45)(H,42,44)/t26?,28-,31-,32-/m0/s1. The summed E-state index contributed by atoms with van der Waals surface area (Å²) >= 11 is 0. The molecule has 49 heavy (non-hydrogen) atoms. The lowest BCUT2D eigenvalue weighted by atomic mass is 9.74. The lowest BCUT2D eigenvalue weighted by Crippen LogP contribution is -2.55. The Kier molecular flexibility index (Phi) is 15.7. The summed E-state index contributed by atoms with van der Waals surface area (Å²) in [5.74, 6) is -2.65. The Balaban J connectivity index is 1.70. The van der Waals surface area contributed by atoms with Crippen molar-refractivity contribution in [1.82, 2.24) is 20.6 Å². The van der Waals surface area contributed by atoms with Crippen LogP contribution in [0.4, 0.5) is 0 Å². The average Bonchev–Trinajstić information content (AvgIpc) is 3.44. The van der Waals surface area contributed by atoms with Crippen molar-refractivity contribution in [3.05, 3.63) is 59.7 Å². The van der Waals surface area contributed by atoms with Gasteiger partial charge in [-0.05, 0) is 42.1 Å². The van der Waals surface area contributed by atoms with E-state index in [0.717, 1.165) is 49.8 Å². The Hall–Kier alpha value is -3.80. The maximum atomic E-state index is 13.9. The normalized spacial score (nSPS) is 16.5. The number of nitrogens with one attached hydrogen (secondary N) is 2. The lowest BCUT2D eigenvalue weighted by Gasteiger charge is -2.25. The molecule has 1 aromatic heterocycles. The second kappa shape index (κ2) is 19.4. The van der Waals surface area contributed by atoms with Gasteiger partial charge in [0.2, 0.25) is 5.91 Å². The molecule has 1 saturated heterocycles. The molecule has 1 aliphatic heterocycles. The lowest BCUT2D eigenvalue weighted by molar-refractivity contribution is -0.152. The second-order valence-corrected chi connectivity index (χ2v) is 14.4. The molecule has 0 spiro atoms. The van der Waals surface area contributed by atoms with Gasteiger partial charge in [0.25, 0.3) is 5.91 Å². The maximum Gasteiger partial charge on any atom is 0.552 e. The van der Waals surface area contributed by atoms with Crippen LogP contribution in [0.5, 0.6) is 0 Å². The Morgan fingerprint density at radius 3 is 2.35 bits per heavy atom. The molecule has 2 heterocycles. The van der Waals surface area contributed by atoms with Gasteiger partial charge >= 0.3 is 19.1 Å². The average molecular weight is 679 g/mol. The highest BCUT2D eigenvalue weighted by atomic mass is 16.7. The molecular weight excluding hydrogens is 623 g/mol. The van der Waals surface area contributed by atoms with Gasteiger partial charge in [-0.3, -0.25) is 24.2 Å². The molecule has 0 saturated carbocycles. The van der Waals surface area contributed by atoms with Gasteiger partial charge in [-0.1, -0.05) is 104 Å². The Labute approximate surface area is 292 Å². The van der Waals surface area contributed by atoms with Gasteiger partial charge in [0.05, 0.1) is 30.9 Å². The van der Waals surface area contributed by atoms with E-state index in [-0.39, 0.29) is 42.4 Å². The van der Waals surface area contributed by atoms with Crippen molar-refractivity contribution in [3.8, 4) is 0 Å². The van der Waals surface area contributed by atoms with Gasteiger partial charge in [-0.2, -0.15) is 0 Å². The largest absolute Gasteiger partial charge is 0.552 e. The zero-order valence-corrected chi connectivity index (χ0v) is 30.3. The maximum absolute atomic E-state index is 13.9.